The Morgan fingerprint density at radius 3 is 2.67 bits per heavy atom. The highest BCUT2D eigenvalue weighted by Crippen LogP contribution is 2.47. The van der Waals surface area contributed by atoms with E-state index in [1.165, 1.54) is 68.0 Å². The van der Waals surface area contributed by atoms with Gasteiger partial charge in [-0.3, -0.25) is 0 Å². The third kappa shape index (κ3) is 1.53. The van der Waals surface area contributed by atoms with Gasteiger partial charge >= 0.3 is 0 Å². The molecular formula is C17H21N. The molecule has 0 aliphatic heterocycles. The van der Waals surface area contributed by atoms with Crippen LogP contribution in [-0.2, 0) is 12.8 Å². The minimum absolute atomic E-state index is 0.649. The molecule has 0 unspecified atom stereocenters. The van der Waals surface area contributed by atoms with Crippen molar-refractivity contribution >= 4 is 10.9 Å². The molecule has 0 radical (unpaired) electrons. The molecule has 4 rings (SSSR count). The Hall–Kier alpha value is -1.24. The summed E-state index contributed by atoms with van der Waals surface area (Å²) in [5, 5.41) is 1.48. The lowest BCUT2D eigenvalue weighted by molar-refractivity contribution is 0.162. The van der Waals surface area contributed by atoms with Gasteiger partial charge in [-0.25, -0.2) is 0 Å². The second-order valence-corrected chi connectivity index (χ2v) is 6.37. The van der Waals surface area contributed by atoms with Crippen molar-refractivity contribution in [3.8, 4) is 0 Å². The molecule has 1 fully saturated rings. The van der Waals surface area contributed by atoms with Crippen LogP contribution in [0.1, 0.15) is 49.8 Å². The summed E-state index contributed by atoms with van der Waals surface area (Å²) in [6.07, 6.45) is 11.3. The number of aryl methyl sites for hydroxylation is 1. The Morgan fingerprint density at radius 1 is 0.944 bits per heavy atom. The van der Waals surface area contributed by atoms with Crippen LogP contribution < -0.4 is 0 Å². The van der Waals surface area contributed by atoms with Gasteiger partial charge in [0.15, 0.2) is 0 Å². The highest BCUT2D eigenvalue weighted by Gasteiger charge is 2.36. The van der Waals surface area contributed by atoms with Gasteiger partial charge in [0.05, 0.1) is 0 Å². The van der Waals surface area contributed by atoms with Crippen molar-refractivity contribution in [1.82, 2.24) is 4.98 Å². The van der Waals surface area contributed by atoms with Gasteiger partial charge in [0.1, 0.15) is 0 Å². The maximum atomic E-state index is 3.64. The average molecular weight is 239 g/mol. The van der Waals surface area contributed by atoms with E-state index < -0.39 is 0 Å². The van der Waals surface area contributed by atoms with E-state index >= 15 is 0 Å². The van der Waals surface area contributed by atoms with Crippen molar-refractivity contribution in [2.45, 2.75) is 51.4 Å². The van der Waals surface area contributed by atoms with Gasteiger partial charge in [0.2, 0.25) is 0 Å². The molecule has 18 heavy (non-hydrogen) atoms. The number of H-pyrrole nitrogens is 1. The van der Waals surface area contributed by atoms with Gasteiger partial charge in [-0.2, -0.15) is 0 Å². The fraction of sp³-hybridized carbons (Fsp3) is 0.529. The zero-order valence-corrected chi connectivity index (χ0v) is 11.0. The molecule has 0 saturated heterocycles. The molecule has 1 aromatic carbocycles. The molecular weight excluding hydrogens is 218 g/mol. The van der Waals surface area contributed by atoms with Gasteiger partial charge in [0, 0.05) is 16.6 Å². The molecule has 1 heteroatoms. The Labute approximate surface area is 109 Å². The van der Waals surface area contributed by atoms with Crippen molar-refractivity contribution < 1.29 is 0 Å². The molecule has 2 aliphatic rings. The summed E-state index contributed by atoms with van der Waals surface area (Å²) in [4.78, 5) is 3.64. The molecule has 1 spiro atoms. The highest BCUT2D eigenvalue weighted by molar-refractivity contribution is 5.85. The van der Waals surface area contributed by atoms with Crippen molar-refractivity contribution in [3.05, 3.63) is 35.5 Å². The Kier molecular flexibility index (Phi) is 2.30. The Bertz CT molecular complexity index is 572. The van der Waals surface area contributed by atoms with Gasteiger partial charge in [0.25, 0.3) is 0 Å². The van der Waals surface area contributed by atoms with E-state index in [-0.39, 0.29) is 0 Å². The van der Waals surface area contributed by atoms with Crippen LogP contribution in [0.4, 0.5) is 0 Å². The number of hydrogen-bond acceptors (Lipinski definition) is 0. The zero-order valence-electron chi connectivity index (χ0n) is 11.0. The first-order valence-electron chi connectivity index (χ1n) is 7.45. The summed E-state index contributed by atoms with van der Waals surface area (Å²) in [7, 11) is 0. The molecule has 0 atom stereocenters. The van der Waals surface area contributed by atoms with E-state index in [0.717, 1.165) is 0 Å². The van der Waals surface area contributed by atoms with Gasteiger partial charge in [-0.15, -0.1) is 0 Å². The first-order chi connectivity index (χ1) is 8.86. The minimum atomic E-state index is 0.649. The number of aromatic amines is 1. The van der Waals surface area contributed by atoms with Gasteiger partial charge in [-0.1, -0.05) is 37.5 Å². The van der Waals surface area contributed by atoms with Crippen LogP contribution >= 0.6 is 0 Å². The van der Waals surface area contributed by atoms with Crippen molar-refractivity contribution in [1.29, 1.82) is 0 Å². The zero-order chi connectivity index (χ0) is 12.0. The molecule has 2 aliphatic carbocycles. The molecule has 0 bridgehead atoms. The number of fused-ring (bicyclic) bond motifs is 3. The van der Waals surface area contributed by atoms with Crippen LogP contribution in [0.2, 0.25) is 0 Å². The summed E-state index contributed by atoms with van der Waals surface area (Å²) >= 11 is 0. The van der Waals surface area contributed by atoms with Crippen molar-refractivity contribution in [3.63, 3.8) is 0 Å². The van der Waals surface area contributed by atoms with Crippen LogP contribution in [0.25, 0.3) is 10.9 Å². The fourth-order valence-corrected chi connectivity index (χ4v) is 4.25. The van der Waals surface area contributed by atoms with E-state index in [2.05, 4.69) is 29.2 Å². The van der Waals surface area contributed by atoms with Crippen LogP contribution in [0.5, 0.6) is 0 Å². The minimum Gasteiger partial charge on any atom is -0.358 e. The SMILES string of the molecule is c1ccc2c3c([nH]c2c1)CCC1(CCCCC1)C3. The first kappa shape index (κ1) is 10.7. The molecule has 1 heterocycles. The lowest BCUT2D eigenvalue weighted by atomic mass is 9.65. The summed E-state index contributed by atoms with van der Waals surface area (Å²) in [5.41, 5.74) is 5.15. The van der Waals surface area contributed by atoms with E-state index in [4.69, 9.17) is 0 Å². The number of nitrogens with one attached hydrogen (secondary N) is 1. The van der Waals surface area contributed by atoms with E-state index in [1.807, 2.05) is 0 Å². The molecule has 1 saturated carbocycles. The standard InChI is InChI=1S/C17H21N/c1-4-9-17(10-5-1)11-8-16-14(12-17)13-6-2-3-7-15(13)18-16/h2-3,6-7,18H,1,4-5,8-12H2. The molecule has 0 amide bonds. The second kappa shape index (κ2) is 3.88. The lowest BCUT2D eigenvalue weighted by Gasteiger charge is -2.40. The van der Waals surface area contributed by atoms with Crippen LogP contribution in [0.15, 0.2) is 24.3 Å². The predicted octanol–water partition coefficient (Wildman–Crippen LogP) is 4.61. The number of rotatable bonds is 0. The summed E-state index contributed by atoms with van der Waals surface area (Å²) < 4.78 is 0. The van der Waals surface area contributed by atoms with Crippen molar-refractivity contribution in [2.24, 2.45) is 5.41 Å². The summed E-state index contributed by atoms with van der Waals surface area (Å²) in [6, 6.07) is 8.84. The highest BCUT2D eigenvalue weighted by atomic mass is 14.7. The Balaban J connectivity index is 1.79. The quantitative estimate of drug-likeness (QED) is 0.691. The maximum Gasteiger partial charge on any atom is 0.0458 e. The van der Waals surface area contributed by atoms with Gasteiger partial charge in [-0.05, 0) is 49.1 Å². The molecule has 1 aromatic heterocycles. The normalized spacial score (nSPS) is 22.2. The third-order valence-electron chi connectivity index (χ3n) is 5.27. The predicted molar refractivity (Wildman–Crippen MR) is 75.8 cm³/mol. The maximum absolute atomic E-state index is 3.64. The number of hydrogen-bond donors (Lipinski definition) is 1. The first-order valence-corrected chi connectivity index (χ1v) is 7.45. The molecule has 1 N–H and O–H groups in total. The lowest BCUT2D eigenvalue weighted by Crippen LogP contribution is -2.30. The summed E-state index contributed by atoms with van der Waals surface area (Å²) in [5.74, 6) is 0. The number of benzene rings is 1. The van der Waals surface area contributed by atoms with E-state index in [0.29, 0.717) is 5.41 Å². The van der Waals surface area contributed by atoms with Crippen LogP contribution in [-0.4, -0.2) is 4.98 Å². The van der Waals surface area contributed by atoms with Gasteiger partial charge < -0.3 is 4.98 Å². The van der Waals surface area contributed by atoms with E-state index in [1.54, 1.807) is 5.56 Å². The number of aromatic nitrogens is 1. The topological polar surface area (TPSA) is 15.8 Å². The smallest absolute Gasteiger partial charge is 0.0458 e. The van der Waals surface area contributed by atoms with Crippen LogP contribution in [0.3, 0.4) is 0 Å². The van der Waals surface area contributed by atoms with Crippen LogP contribution in [0, 0.1) is 5.41 Å². The molecule has 1 nitrogen and oxygen atoms in total. The fourth-order valence-electron chi connectivity index (χ4n) is 4.25. The monoisotopic (exact) mass is 239 g/mol. The number of para-hydroxylation sites is 1. The summed E-state index contributed by atoms with van der Waals surface area (Å²) in [6.45, 7) is 0. The Morgan fingerprint density at radius 2 is 1.78 bits per heavy atom. The second-order valence-electron chi connectivity index (χ2n) is 6.37. The molecule has 2 aromatic rings. The largest absolute Gasteiger partial charge is 0.358 e. The molecule has 94 valence electrons. The van der Waals surface area contributed by atoms with Crippen molar-refractivity contribution in [2.75, 3.05) is 0 Å². The van der Waals surface area contributed by atoms with E-state index in [9.17, 15) is 0 Å². The average Bonchev–Trinajstić information content (AvgIpc) is 2.78. The third-order valence-corrected chi connectivity index (χ3v) is 5.27.